The number of aromatic nitrogens is 1. The van der Waals surface area contributed by atoms with Crippen LogP contribution in [0, 0.1) is 5.92 Å². The summed E-state index contributed by atoms with van der Waals surface area (Å²) in [7, 11) is 0. The number of piperidine rings is 1. The predicted molar refractivity (Wildman–Crippen MR) is 87.6 cm³/mol. The molecule has 2 heterocycles. The molecule has 1 fully saturated rings. The molecule has 10 heteroatoms. The van der Waals surface area contributed by atoms with Crippen LogP contribution in [0.2, 0.25) is 0 Å². The number of nitrogens with two attached hydrogens (primary N) is 1. The summed E-state index contributed by atoms with van der Waals surface area (Å²) < 4.78 is 38.4. The molecule has 0 unspecified atom stereocenters. The molecule has 26 heavy (non-hydrogen) atoms. The Labute approximate surface area is 148 Å². The van der Waals surface area contributed by atoms with E-state index in [-0.39, 0.29) is 19.0 Å². The maximum absolute atomic E-state index is 12.8. The van der Waals surface area contributed by atoms with Gasteiger partial charge in [-0.15, -0.1) is 0 Å². The highest BCUT2D eigenvalue weighted by atomic mass is 19.4. The average Bonchev–Trinajstić information content (AvgIpc) is 2.58. The molecule has 1 aromatic heterocycles. The number of rotatable bonds is 6. The highest BCUT2D eigenvalue weighted by Gasteiger charge is 2.31. The van der Waals surface area contributed by atoms with E-state index in [1.54, 1.807) is 4.90 Å². The number of nitrogens with zero attached hydrogens (tertiary/aromatic N) is 3. The molecule has 0 aromatic carbocycles. The second-order valence-corrected chi connectivity index (χ2v) is 6.29. The molecule has 1 aliphatic heterocycles. The fraction of sp³-hybridized carbons (Fsp3) is 0.562. The molecule has 144 valence electrons. The van der Waals surface area contributed by atoms with Crippen molar-refractivity contribution in [3.63, 3.8) is 0 Å². The highest BCUT2D eigenvalue weighted by molar-refractivity contribution is 5.80. The molecule has 2 amide bonds. The zero-order valence-corrected chi connectivity index (χ0v) is 14.1. The van der Waals surface area contributed by atoms with Crippen LogP contribution in [0.3, 0.4) is 0 Å². The Bertz CT molecular complexity index is 646. The SMILES string of the molecule is NC(=O)CN(CCC1CCN(c2cc(C(F)(F)F)ccn2)CC1)C(=O)O. The maximum Gasteiger partial charge on any atom is 0.416 e. The smallest absolute Gasteiger partial charge is 0.416 e. The lowest BCUT2D eigenvalue weighted by atomic mass is 9.93. The van der Waals surface area contributed by atoms with Gasteiger partial charge >= 0.3 is 12.3 Å². The number of pyridine rings is 1. The van der Waals surface area contributed by atoms with Gasteiger partial charge in [0, 0.05) is 25.8 Å². The van der Waals surface area contributed by atoms with Gasteiger partial charge in [-0.2, -0.15) is 13.2 Å². The van der Waals surface area contributed by atoms with Crippen molar-refractivity contribution in [2.45, 2.75) is 25.4 Å². The summed E-state index contributed by atoms with van der Waals surface area (Å²) in [6.07, 6.45) is -2.46. The molecular formula is C16H21F3N4O3. The monoisotopic (exact) mass is 374 g/mol. The largest absolute Gasteiger partial charge is 0.465 e. The van der Waals surface area contributed by atoms with E-state index in [4.69, 9.17) is 10.8 Å². The average molecular weight is 374 g/mol. The summed E-state index contributed by atoms with van der Waals surface area (Å²) in [6.45, 7) is 0.941. The van der Waals surface area contributed by atoms with E-state index < -0.39 is 23.7 Å². The van der Waals surface area contributed by atoms with Crippen LogP contribution in [-0.2, 0) is 11.0 Å². The van der Waals surface area contributed by atoms with Crippen LogP contribution in [0.4, 0.5) is 23.8 Å². The Kier molecular flexibility index (Phi) is 6.27. The fourth-order valence-corrected chi connectivity index (χ4v) is 2.99. The first-order valence-electron chi connectivity index (χ1n) is 8.21. The molecule has 1 saturated heterocycles. The van der Waals surface area contributed by atoms with E-state index in [0.29, 0.717) is 38.2 Å². The van der Waals surface area contributed by atoms with Crippen LogP contribution in [0.1, 0.15) is 24.8 Å². The molecule has 2 rings (SSSR count). The van der Waals surface area contributed by atoms with Crippen LogP contribution in [-0.4, -0.2) is 53.2 Å². The molecule has 0 aliphatic carbocycles. The Morgan fingerprint density at radius 1 is 1.35 bits per heavy atom. The predicted octanol–water partition coefficient (Wildman–Crippen LogP) is 2.17. The summed E-state index contributed by atoms with van der Waals surface area (Å²) in [5, 5.41) is 9.04. The Morgan fingerprint density at radius 2 is 2.00 bits per heavy atom. The summed E-state index contributed by atoms with van der Waals surface area (Å²) >= 11 is 0. The van der Waals surface area contributed by atoms with Crippen LogP contribution in [0.25, 0.3) is 0 Å². The number of anilines is 1. The van der Waals surface area contributed by atoms with Crippen LogP contribution >= 0.6 is 0 Å². The van der Waals surface area contributed by atoms with E-state index in [1.165, 1.54) is 0 Å². The van der Waals surface area contributed by atoms with Gasteiger partial charge in [-0.3, -0.25) is 9.69 Å². The normalized spacial score (nSPS) is 15.7. The third-order valence-corrected chi connectivity index (χ3v) is 4.44. The number of carbonyl (C=O) groups excluding carboxylic acids is 1. The van der Waals surface area contributed by atoms with E-state index in [0.717, 1.165) is 23.2 Å². The lowest BCUT2D eigenvalue weighted by Crippen LogP contribution is -2.40. The van der Waals surface area contributed by atoms with E-state index in [2.05, 4.69) is 4.98 Å². The first-order valence-corrected chi connectivity index (χ1v) is 8.21. The first kappa shape index (κ1) is 19.8. The topological polar surface area (TPSA) is 99.8 Å². The molecule has 0 spiro atoms. The van der Waals surface area contributed by atoms with Gasteiger partial charge < -0.3 is 15.7 Å². The van der Waals surface area contributed by atoms with Crippen molar-refractivity contribution in [3.05, 3.63) is 23.9 Å². The van der Waals surface area contributed by atoms with Gasteiger partial charge in [0.1, 0.15) is 12.4 Å². The molecule has 1 aromatic rings. The third kappa shape index (κ3) is 5.50. The number of amides is 2. The molecule has 3 N–H and O–H groups in total. The first-order chi connectivity index (χ1) is 12.2. The van der Waals surface area contributed by atoms with Crippen molar-refractivity contribution in [2.75, 3.05) is 31.1 Å². The minimum absolute atomic E-state index is 0.199. The summed E-state index contributed by atoms with van der Waals surface area (Å²) in [4.78, 5) is 28.7. The number of hydrogen-bond donors (Lipinski definition) is 2. The molecule has 0 radical (unpaired) electrons. The molecule has 7 nitrogen and oxygen atoms in total. The van der Waals surface area contributed by atoms with Crippen molar-refractivity contribution >= 4 is 17.8 Å². The van der Waals surface area contributed by atoms with Crippen LogP contribution in [0.15, 0.2) is 18.3 Å². The Balaban J connectivity index is 1.87. The highest BCUT2D eigenvalue weighted by Crippen LogP contribution is 2.32. The number of carboxylic acid groups (broad SMARTS) is 1. The maximum atomic E-state index is 12.8. The number of halogens is 3. The Hall–Kier alpha value is -2.52. The van der Waals surface area contributed by atoms with Crippen molar-refractivity contribution in [3.8, 4) is 0 Å². The van der Waals surface area contributed by atoms with Crippen molar-refractivity contribution in [1.29, 1.82) is 0 Å². The third-order valence-electron chi connectivity index (χ3n) is 4.44. The Morgan fingerprint density at radius 3 is 2.54 bits per heavy atom. The zero-order valence-electron chi connectivity index (χ0n) is 14.1. The van der Waals surface area contributed by atoms with E-state index >= 15 is 0 Å². The number of primary amides is 1. The van der Waals surface area contributed by atoms with Crippen LogP contribution in [0.5, 0.6) is 0 Å². The molecule has 1 aliphatic rings. The zero-order chi connectivity index (χ0) is 19.3. The van der Waals surface area contributed by atoms with Gasteiger partial charge in [-0.1, -0.05) is 0 Å². The number of hydrogen-bond acceptors (Lipinski definition) is 4. The van der Waals surface area contributed by atoms with Gasteiger partial charge in [-0.05, 0) is 37.3 Å². The van der Waals surface area contributed by atoms with Gasteiger partial charge in [0.05, 0.1) is 5.56 Å². The van der Waals surface area contributed by atoms with Gasteiger partial charge in [0.15, 0.2) is 0 Å². The van der Waals surface area contributed by atoms with Crippen molar-refractivity contribution < 1.29 is 27.9 Å². The second kappa shape index (κ2) is 8.24. The van der Waals surface area contributed by atoms with E-state index in [1.807, 2.05) is 0 Å². The van der Waals surface area contributed by atoms with Crippen molar-refractivity contribution in [1.82, 2.24) is 9.88 Å². The fourth-order valence-electron chi connectivity index (χ4n) is 2.99. The lowest BCUT2D eigenvalue weighted by Gasteiger charge is -2.33. The summed E-state index contributed by atoms with van der Waals surface area (Å²) in [6, 6.07) is 1.98. The lowest BCUT2D eigenvalue weighted by molar-refractivity contribution is -0.137. The molecule has 0 bridgehead atoms. The van der Waals surface area contributed by atoms with Crippen LogP contribution < -0.4 is 10.6 Å². The van der Waals surface area contributed by atoms with Gasteiger partial charge in [-0.25, -0.2) is 9.78 Å². The minimum atomic E-state index is -4.41. The standard InChI is InChI=1S/C16H21F3N4O3/c17-16(18,19)12-1-5-21-14(9-12)22-6-2-11(3-7-22)4-8-23(15(25)26)10-13(20)24/h1,5,9,11H,2-4,6-8,10H2,(H2,20,24)(H,25,26). The van der Waals surface area contributed by atoms with Gasteiger partial charge in [0.25, 0.3) is 0 Å². The number of carbonyl (C=O) groups is 2. The van der Waals surface area contributed by atoms with E-state index in [9.17, 15) is 22.8 Å². The molecular weight excluding hydrogens is 353 g/mol. The minimum Gasteiger partial charge on any atom is -0.465 e. The number of alkyl halides is 3. The molecule has 0 saturated carbocycles. The second-order valence-electron chi connectivity index (χ2n) is 6.29. The summed E-state index contributed by atoms with van der Waals surface area (Å²) in [5.74, 6) is -0.191. The quantitative estimate of drug-likeness (QED) is 0.795. The molecule has 0 atom stereocenters. The van der Waals surface area contributed by atoms with Crippen molar-refractivity contribution in [2.24, 2.45) is 11.7 Å². The van der Waals surface area contributed by atoms with Gasteiger partial charge in [0.2, 0.25) is 5.91 Å². The summed E-state index contributed by atoms with van der Waals surface area (Å²) in [5.41, 5.74) is 4.30.